The fourth-order valence-corrected chi connectivity index (χ4v) is 4.08. The highest BCUT2D eigenvalue weighted by atomic mass is 127. The minimum atomic E-state index is -1.42. The lowest BCUT2D eigenvalue weighted by Gasteiger charge is -2.16. The fourth-order valence-electron chi connectivity index (χ4n) is 3.30. The third-order valence-electron chi connectivity index (χ3n) is 4.77. The van der Waals surface area contributed by atoms with Gasteiger partial charge in [0.05, 0.1) is 12.9 Å². The topological polar surface area (TPSA) is 148 Å². The van der Waals surface area contributed by atoms with Gasteiger partial charge in [0.2, 0.25) is 5.28 Å². The zero-order chi connectivity index (χ0) is 21.4. The van der Waals surface area contributed by atoms with E-state index in [1.165, 1.54) is 10.9 Å². The third-order valence-corrected chi connectivity index (χ3v) is 5.61. The first-order valence-electron chi connectivity index (χ1n) is 9.02. The molecule has 0 saturated carbocycles. The number of fused-ring (bicyclic) bond motifs is 1. The SMILES string of the molecule is NCC(=O)[C@H]1O[C@@H](n2cnc3c(NCc4cccc(I)c4)nc(Cl)nc32)[C@@H](O)C1O. The molecule has 4 rings (SSSR count). The van der Waals surface area contributed by atoms with E-state index in [1.807, 2.05) is 24.3 Å². The van der Waals surface area contributed by atoms with Crippen LogP contribution in [0.3, 0.4) is 0 Å². The molecule has 0 spiro atoms. The summed E-state index contributed by atoms with van der Waals surface area (Å²) in [5, 5.41) is 23.8. The number of imidazole rings is 1. The molecule has 30 heavy (non-hydrogen) atoms. The number of anilines is 1. The molecular formula is C18H18ClIN6O4. The summed E-state index contributed by atoms with van der Waals surface area (Å²) in [7, 11) is 0. The standard InChI is InChI=1S/C18H18ClIN6O4/c19-18-24-15(22-6-8-2-1-3-9(20)4-8)11-16(25-18)26(7-23-11)17-13(29)12(28)14(30-17)10(27)5-21/h1-4,7,12-14,17,28-29H,5-6,21H2,(H,22,24,25)/t12?,13-,14+,17+/m0/s1. The van der Waals surface area contributed by atoms with Gasteiger partial charge >= 0.3 is 0 Å². The minimum Gasteiger partial charge on any atom is -0.387 e. The molecular weight excluding hydrogens is 527 g/mol. The predicted octanol–water partition coefficient (Wildman–Crippen LogP) is 0.843. The van der Waals surface area contributed by atoms with E-state index in [-0.39, 0.29) is 17.5 Å². The molecule has 1 fully saturated rings. The summed E-state index contributed by atoms with van der Waals surface area (Å²) in [5.74, 6) is -0.105. The molecule has 1 aliphatic heterocycles. The lowest BCUT2D eigenvalue weighted by Crippen LogP contribution is -2.39. The number of aliphatic hydroxyl groups excluding tert-OH is 2. The van der Waals surface area contributed by atoms with Crippen molar-refractivity contribution in [2.75, 3.05) is 11.9 Å². The van der Waals surface area contributed by atoms with Crippen LogP contribution in [-0.2, 0) is 16.1 Å². The van der Waals surface area contributed by atoms with Crippen molar-refractivity contribution >= 4 is 57.0 Å². The van der Waals surface area contributed by atoms with Gasteiger partial charge in [-0.1, -0.05) is 12.1 Å². The number of rotatable bonds is 6. The first kappa shape index (κ1) is 21.3. The molecule has 158 valence electrons. The Labute approximate surface area is 189 Å². The number of hydrogen-bond donors (Lipinski definition) is 4. The van der Waals surface area contributed by atoms with Gasteiger partial charge in [0.25, 0.3) is 0 Å². The van der Waals surface area contributed by atoms with Gasteiger partial charge in [0, 0.05) is 10.1 Å². The Morgan fingerprint density at radius 2 is 2.13 bits per heavy atom. The Balaban J connectivity index is 1.64. The van der Waals surface area contributed by atoms with Crippen molar-refractivity contribution in [3.63, 3.8) is 0 Å². The highest BCUT2D eigenvalue weighted by Gasteiger charge is 2.47. The van der Waals surface area contributed by atoms with Gasteiger partial charge in [0.1, 0.15) is 18.3 Å². The summed E-state index contributed by atoms with van der Waals surface area (Å²) in [6, 6.07) is 7.96. The lowest BCUT2D eigenvalue weighted by molar-refractivity contribution is -0.133. The number of nitrogens with two attached hydrogens (primary N) is 1. The summed E-state index contributed by atoms with van der Waals surface area (Å²) in [6.45, 7) is 0.173. The second kappa shape index (κ2) is 8.69. The van der Waals surface area contributed by atoms with E-state index in [0.29, 0.717) is 17.9 Å². The van der Waals surface area contributed by atoms with Crippen LogP contribution in [-0.4, -0.2) is 60.4 Å². The number of nitrogens with zero attached hydrogens (tertiary/aromatic N) is 4. The van der Waals surface area contributed by atoms with Crippen LogP contribution < -0.4 is 11.1 Å². The molecule has 0 radical (unpaired) electrons. The Morgan fingerprint density at radius 3 is 2.87 bits per heavy atom. The van der Waals surface area contributed by atoms with Crippen LogP contribution >= 0.6 is 34.2 Å². The van der Waals surface area contributed by atoms with E-state index >= 15 is 0 Å². The minimum absolute atomic E-state index is 0.0305. The van der Waals surface area contributed by atoms with Gasteiger partial charge < -0.3 is 26.0 Å². The highest BCUT2D eigenvalue weighted by molar-refractivity contribution is 14.1. The molecule has 10 nitrogen and oxygen atoms in total. The average molecular weight is 545 g/mol. The van der Waals surface area contributed by atoms with E-state index in [9.17, 15) is 15.0 Å². The number of nitrogens with one attached hydrogen (secondary N) is 1. The first-order valence-corrected chi connectivity index (χ1v) is 10.5. The molecule has 1 unspecified atom stereocenters. The summed E-state index contributed by atoms with van der Waals surface area (Å²) in [6.07, 6.45) is -3.72. The molecule has 12 heteroatoms. The zero-order valence-electron chi connectivity index (χ0n) is 15.4. The fraction of sp³-hybridized carbons (Fsp3) is 0.333. The van der Waals surface area contributed by atoms with Crippen LogP contribution in [0, 0.1) is 3.57 Å². The van der Waals surface area contributed by atoms with Crippen LogP contribution in [0.25, 0.3) is 11.2 Å². The van der Waals surface area contributed by atoms with E-state index in [1.54, 1.807) is 0 Å². The van der Waals surface area contributed by atoms with Crippen LogP contribution in [0.1, 0.15) is 11.8 Å². The summed E-state index contributed by atoms with van der Waals surface area (Å²) in [5.41, 5.74) is 7.10. The van der Waals surface area contributed by atoms with E-state index in [2.05, 4.69) is 42.9 Å². The summed E-state index contributed by atoms with van der Waals surface area (Å²) >= 11 is 8.34. The summed E-state index contributed by atoms with van der Waals surface area (Å²) < 4.78 is 8.10. The van der Waals surface area contributed by atoms with E-state index in [0.717, 1.165) is 9.13 Å². The lowest BCUT2D eigenvalue weighted by atomic mass is 10.1. The largest absolute Gasteiger partial charge is 0.387 e. The van der Waals surface area contributed by atoms with Crippen LogP contribution in [0.4, 0.5) is 5.82 Å². The number of ketones is 1. The Bertz CT molecular complexity index is 1100. The van der Waals surface area contributed by atoms with Crippen molar-refractivity contribution in [3.8, 4) is 0 Å². The number of aromatic nitrogens is 4. The van der Waals surface area contributed by atoms with Crippen LogP contribution in [0.15, 0.2) is 30.6 Å². The Morgan fingerprint density at radius 1 is 1.33 bits per heavy atom. The monoisotopic (exact) mass is 544 g/mol. The summed E-state index contributed by atoms with van der Waals surface area (Å²) in [4.78, 5) is 24.6. The molecule has 3 heterocycles. The zero-order valence-corrected chi connectivity index (χ0v) is 18.4. The number of Topliss-reactive ketones (excluding diaryl/α,β-unsaturated/α-hetero) is 1. The smallest absolute Gasteiger partial charge is 0.226 e. The maximum Gasteiger partial charge on any atom is 0.226 e. The molecule has 4 atom stereocenters. The van der Waals surface area contributed by atoms with Gasteiger partial charge in [-0.3, -0.25) is 9.36 Å². The van der Waals surface area contributed by atoms with Gasteiger partial charge in [0.15, 0.2) is 29.0 Å². The number of benzene rings is 1. The van der Waals surface area contributed by atoms with Gasteiger partial charge in [-0.05, 0) is 51.9 Å². The van der Waals surface area contributed by atoms with E-state index < -0.39 is 30.3 Å². The molecule has 3 aromatic rings. The van der Waals surface area contributed by atoms with Gasteiger partial charge in [-0.2, -0.15) is 9.97 Å². The first-order chi connectivity index (χ1) is 14.4. The molecule has 0 bridgehead atoms. The van der Waals surface area contributed by atoms with Gasteiger partial charge in [-0.25, -0.2) is 4.98 Å². The number of aliphatic hydroxyl groups is 2. The Hall–Kier alpha value is -1.90. The van der Waals surface area contributed by atoms with Crippen molar-refractivity contribution in [1.29, 1.82) is 0 Å². The molecule has 1 aliphatic rings. The second-order valence-electron chi connectivity index (χ2n) is 6.75. The number of ether oxygens (including phenoxy) is 1. The number of halogens is 2. The number of carbonyl (C=O) groups is 1. The number of hydrogen-bond acceptors (Lipinski definition) is 9. The molecule has 0 aliphatic carbocycles. The van der Waals surface area contributed by atoms with Crippen molar-refractivity contribution in [2.45, 2.75) is 31.1 Å². The molecule has 1 aromatic carbocycles. The average Bonchev–Trinajstić information content (AvgIpc) is 3.27. The second-order valence-corrected chi connectivity index (χ2v) is 8.33. The van der Waals surface area contributed by atoms with E-state index in [4.69, 9.17) is 22.1 Å². The number of carbonyl (C=O) groups excluding carboxylic acids is 1. The molecule has 1 saturated heterocycles. The molecule has 5 N–H and O–H groups in total. The highest BCUT2D eigenvalue weighted by Crippen LogP contribution is 2.33. The normalized spacial score (nSPS) is 23.8. The van der Waals surface area contributed by atoms with Crippen LogP contribution in [0.5, 0.6) is 0 Å². The maximum atomic E-state index is 11.9. The molecule has 0 amide bonds. The van der Waals surface area contributed by atoms with Gasteiger partial charge in [-0.15, -0.1) is 0 Å². The maximum absolute atomic E-state index is 11.9. The van der Waals surface area contributed by atoms with Crippen molar-refractivity contribution in [2.24, 2.45) is 5.73 Å². The van der Waals surface area contributed by atoms with Crippen molar-refractivity contribution in [1.82, 2.24) is 19.5 Å². The van der Waals surface area contributed by atoms with Crippen molar-refractivity contribution < 1.29 is 19.7 Å². The van der Waals surface area contributed by atoms with Crippen LogP contribution in [0.2, 0.25) is 5.28 Å². The third kappa shape index (κ3) is 4.00. The Kier molecular flexibility index (Phi) is 6.18. The van der Waals surface area contributed by atoms with Crippen molar-refractivity contribution in [3.05, 3.63) is 45.0 Å². The molecule has 2 aromatic heterocycles. The predicted molar refractivity (Wildman–Crippen MR) is 117 cm³/mol. The quantitative estimate of drug-likeness (QED) is 0.262.